The molecule has 0 fully saturated rings. The summed E-state index contributed by atoms with van der Waals surface area (Å²) in [7, 11) is 1.71. The highest BCUT2D eigenvalue weighted by Crippen LogP contribution is 2.24. The first-order valence-electron chi connectivity index (χ1n) is 4.41. The Kier molecular flexibility index (Phi) is 2.53. The summed E-state index contributed by atoms with van der Waals surface area (Å²) in [5.74, 6) is 0.136. The molecule has 4 nitrogen and oxygen atoms in total. The Bertz CT molecular complexity index is 472. The molecule has 0 radical (unpaired) electrons. The molecule has 0 bridgehead atoms. The number of nitrogens with one attached hydrogen (secondary N) is 1. The number of aromatic nitrogens is 3. The number of pyridine rings is 1. The van der Waals surface area contributed by atoms with Crippen molar-refractivity contribution >= 4 is 5.82 Å². The predicted octanol–water partition coefficient (Wildman–Crippen LogP) is 1.72. The van der Waals surface area contributed by atoms with Gasteiger partial charge in [0.1, 0.15) is 5.69 Å². The van der Waals surface area contributed by atoms with E-state index in [-0.39, 0.29) is 0 Å². The van der Waals surface area contributed by atoms with Crippen molar-refractivity contribution in [1.29, 1.82) is 0 Å². The van der Waals surface area contributed by atoms with Gasteiger partial charge in [0.2, 0.25) is 0 Å². The minimum Gasteiger partial charge on any atom is -0.371 e. The number of hydrogen-bond donors (Lipinski definition) is 1. The van der Waals surface area contributed by atoms with Crippen molar-refractivity contribution < 1.29 is 4.39 Å². The molecule has 0 saturated carbocycles. The maximum Gasteiger partial charge on any atom is 0.152 e. The molecule has 2 aromatic heterocycles. The van der Waals surface area contributed by atoms with Gasteiger partial charge in [-0.05, 0) is 6.07 Å². The largest absolute Gasteiger partial charge is 0.371 e. The van der Waals surface area contributed by atoms with Crippen LogP contribution in [0.25, 0.3) is 11.3 Å². The molecule has 0 amide bonds. The molecule has 0 aliphatic carbocycles. The minimum absolute atomic E-state index is 0.391. The van der Waals surface area contributed by atoms with E-state index >= 15 is 0 Å². The Hall–Kier alpha value is -2.04. The Labute approximate surface area is 86.2 Å². The normalized spacial score (nSPS) is 10.0. The molecule has 0 aliphatic rings. The van der Waals surface area contributed by atoms with Gasteiger partial charge in [0, 0.05) is 31.2 Å². The van der Waals surface area contributed by atoms with E-state index in [1.165, 1.54) is 12.4 Å². The predicted molar refractivity (Wildman–Crippen MR) is 54.8 cm³/mol. The van der Waals surface area contributed by atoms with Crippen LogP contribution in [0.1, 0.15) is 0 Å². The summed E-state index contributed by atoms with van der Waals surface area (Å²) in [6.07, 6.45) is 5.75. The van der Waals surface area contributed by atoms with E-state index in [4.69, 9.17) is 0 Å². The summed E-state index contributed by atoms with van der Waals surface area (Å²) in [6.45, 7) is 0. The van der Waals surface area contributed by atoms with E-state index in [0.717, 1.165) is 6.20 Å². The maximum atomic E-state index is 13.4. The van der Waals surface area contributed by atoms with Gasteiger partial charge in [-0.1, -0.05) is 0 Å². The lowest BCUT2D eigenvalue weighted by Gasteiger charge is -2.06. The minimum atomic E-state index is -0.408. The molecule has 0 aliphatic heterocycles. The molecule has 1 N–H and O–H groups in total. The summed E-state index contributed by atoms with van der Waals surface area (Å²) in [5, 5.41) is 2.86. The second kappa shape index (κ2) is 4.00. The van der Waals surface area contributed by atoms with Gasteiger partial charge in [-0.25, -0.2) is 9.37 Å². The topological polar surface area (TPSA) is 50.7 Å². The van der Waals surface area contributed by atoms with Crippen molar-refractivity contribution in [3.63, 3.8) is 0 Å². The lowest BCUT2D eigenvalue weighted by Crippen LogP contribution is -1.98. The number of anilines is 1. The van der Waals surface area contributed by atoms with Crippen LogP contribution in [0.15, 0.2) is 30.9 Å². The van der Waals surface area contributed by atoms with Crippen molar-refractivity contribution in [2.45, 2.75) is 0 Å². The van der Waals surface area contributed by atoms with Gasteiger partial charge in [0.25, 0.3) is 0 Å². The van der Waals surface area contributed by atoms with Crippen LogP contribution in [0.5, 0.6) is 0 Å². The van der Waals surface area contributed by atoms with E-state index in [1.807, 2.05) is 0 Å². The summed E-state index contributed by atoms with van der Waals surface area (Å²) in [6, 6.07) is 1.57. The van der Waals surface area contributed by atoms with E-state index in [2.05, 4.69) is 20.3 Å². The van der Waals surface area contributed by atoms with Crippen LogP contribution in [0.3, 0.4) is 0 Å². The van der Waals surface area contributed by atoms with Crippen LogP contribution < -0.4 is 5.32 Å². The van der Waals surface area contributed by atoms with Gasteiger partial charge in [-0.2, -0.15) is 0 Å². The lowest BCUT2D eigenvalue weighted by atomic mass is 10.2. The second-order valence-electron chi connectivity index (χ2n) is 2.86. The molecular weight excluding hydrogens is 195 g/mol. The molecule has 76 valence electrons. The van der Waals surface area contributed by atoms with Crippen LogP contribution in [0.2, 0.25) is 0 Å². The van der Waals surface area contributed by atoms with Crippen LogP contribution >= 0.6 is 0 Å². The Balaban J connectivity index is 2.59. The number of hydrogen-bond acceptors (Lipinski definition) is 4. The monoisotopic (exact) mass is 204 g/mol. The fourth-order valence-electron chi connectivity index (χ4n) is 1.29. The molecule has 2 heterocycles. The summed E-state index contributed by atoms with van der Waals surface area (Å²) >= 11 is 0. The third-order valence-electron chi connectivity index (χ3n) is 1.96. The first-order chi connectivity index (χ1) is 7.33. The molecule has 0 spiro atoms. The average molecular weight is 204 g/mol. The standard InChI is InChI=1S/C10H9FN4/c1-12-10-9(14-4-5-15-10)7-2-3-13-6-8(7)11/h2-6H,1H3,(H,12,15). The number of halogens is 1. The highest BCUT2D eigenvalue weighted by atomic mass is 19.1. The van der Waals surface area contributed by atoms with Crippen LogP contribution in [0.4, 0.5) is 10.2 Å². The number of nitrogens with zero attached hydrogens (tertiary/aromatic N) is 3. The molecule has 0 unspecified atom stereocenters. The van der Waals surface area contributed by atoms with Gasteiger partial charge in [0.15, 0.2) is 11.6 Å². The van der Waals surface area contributed by atoms with Gasteiger partial charge in [0.05, 0.1) is 6.20 Å². The summed E-state index contributed by atoms with van der Waals surface area (Å²) in [5.41, 5.74) is 0.877. The fourth-order valence-corrected chi connectivity index (χ4v) is 1.29. The Morgan fingerprint density at radius 2 is 2.00 bits per heavy atom. The number of rotatable bonds is 2. The van der Waals surface area contributed by atoms with Crippen molar-refractivity contribution in [2.75, 3.05) is 12.4 Å². The van der Waals surface area contributed by atoms with Crippen LogP contribution in [-0.2, 0) is 0 Å². The molecule has 0 atom stereocenters. The Morgan fingerprint density at radius 3 is 2.73 bits per heavy atom. The summed E-state index contributed by atoms with van der Waals surface area (Å²) in [4.78, 5) is 11.8. The first-order valence-corrected chi connectivity index (χ1v) is 4.41. The van der Waals surface area contributed by atoms with E-state index in [9.17, 15) is 4.39 Å². The van der Waals surface area contributed by atoms with E-state index < -0.39 is 5.82 Å². The molecule has 0 aromatic carbocycles. The zero-order chi connectivity index (χ0) is 10.7. The van der Waals surface area contributed by atoms with Crippen molar-refractivity contribution in [2.24, 2.45) is 0 Å². The molecule has 2 aromatic rings. The molecule has 2 rings (SSSR count). The average Bonchev–Trinajstić information content (AvgIpc) is 2.30. The van der Waals surface area contributed by atoms with Crippen LogP contribution in [0, 0.1) is 5.82 Å². The van der Waals surface area contributed by atoms with E-state index in [0.29, 0.717) is 17.1 Å². The summed E-state index contributed by atoms with van der Waals surface area (Å²) < 4.78 is 13.4. The van der Waals surface area contributed by atoms with Gasteiger partial charge in [-0.3, -0.25) is 9.97 Å². The zero-order valence-electron chi connectivity index (χ0n) is 8.11. The molecule has 0 saturated heterocycles. The molecule has 5 heteroatoms. The van der Waals surface area contributed by atoms with Crippen molar-refractivity contribution in [3.8, 4) is 11.3 Å². The third kappa shape index (κ3) is 1.76. The van der Waals surface area contributed by atoms with Crippen molar-refractivity contribution in [1.82, 2.24) is 15.0 Å². The fraction of sp³-hybridized carbons (Fsp3) is 0.100. The highest BCUT2D eigenvalue weighted by Gasteiger charge is 2.10. The smallest absolute Gasteiger partial charge is 0.152 e. The van der Waals surface area contributed by atoms with E-state index in [1.54, 1.807) is 19.3 Å². The highest BCUT2D eigenvalue weighted by molar-refractivity contribution is 5.70. The lowest BCUT2D eigenvalue weighted by molar-refractivity contribution is 0.624. The third-order valence-corrected chi connectivity index (χ3v) is 1.96. The SMILES string of the molecule is CNc1nccnc1-c1ccncc1F. The Morgan fingerprint density at radius 1 is 1.20 bits per heavy atom. The molecule has 15 heavy (non-hydrogen) atoms. The first kappa shape index (κ1) is 9.51. The van der Waals surface area contributed by atoms with Crippen molar-refractivity contribution in [3.05, 3.63) is 36.7 Å². The van der Waals surface area contributed by atoms with Crippen LogP contribution in [-0.4, -0.2) is 22.0 Å². The maximum absolute atomic E-state index is 13.4. The molecular formula is C10H9FN4. The van der Waals surface area contributed by atoms with Gasteiger partial charge < -0.3 is 5.32 Å². The van der Waals surface area contributed by atoms with Gasteiger partial charge >= 0.3 is 0 Å². The zero-order valence-corrected chi connectivity index (χ0v) is 8.11. The van der Waals surface area contributed by atoms with Gasteiger partial charge in [-0.15, -0.1) is 0 Å². The quantitative estimate of drug-likeness (QED) is 0.809. The second-order valence-corrected chi connectivity index (χ2v) is 2.86.